The molecule has 0 aliphatic heterocycles. The monoisotopic (exact) mass is 266 g/mol. The highest BCUT2D eigenvalue weighted by Gasteiger charge is 2.32. The van der Waals surface area contributed by atoms with Gasteiger partial charge in [0.1, 0.15) is 0 Å². The Hall–Kier alpha value is -0.0800. The molecule has 112 valence electrons. The van der Waals surface area contributed by atoms with Gasteiger partial charge in [-0.2, -0.15) is 0 Å². The van der Waals surface area contributed by atoms with Crippen molar-refractivity contribution in [2.24, 2.45) is 0 Å². The second-order valence-corrected chi connectivity index (χ2v) is 6.53. The lowest BCUT2D eigenvalue weighted by atomic mass is 9.98. The predicted octanol–water partition coefficient (Wildman–Crippen LogP) is 3.95. The lowest BCUT2D eigenvalue weighted by molar-refractivity contribution is 0.106. The Morgan fingerprint density at radius 1 is 0.895 bits per heavy atom. The van der Waals surface area contributed by atoms with E-state index in [1.165, 1.54) is 77.3 Å². The number of likely N-dealkylation sites (N-methyl/N-ethyl adjacent to an activating group) is 1. The van der Waals surface area contributed by atoms with Gasteiger partial charge in [-0.3, -0.25) is 4.90 Å². The Labute approximate surface area is 120 Å². The van der Waals surface area contributed by atoms with Crippen molar-refractivity contribution in [2.45, 2.75) is 96.2 Å². The molecule has 19 heavy (non-hydrogen) atoms. The minimum absolute atomic E-state index is 0.753. The molecular weight excluding hydrogens is 232 g/mol. The molecule has 0 radical (unpaired) electrons. The summed E-state index contributed by atoms with van der Waals surface area (Å²) in [6, 6.07) is 2.45. The van der Waals surface area contributed by atoms with E-state index in [1.54, 1.807) is 0 Å². The van der Waals surface area contributed by atoms with Crippen LogP contribution >= 0.6 is 0 Å². The fraction of sp³-hybridized carbons (Fsp3) is 1.00. The van der Waals surface area contributed by atoms with Gasteiger partial charge in [0.05, 0.1) is 0 Å². The Bertz CT molecular complexity index is 235. The first-order chi connectivity index (χ1) is 9.36. The molecule has 0 spiro atoms. The molecule has 2 saturated carbocycles. The number of rotatable bonds is 6. The SMILES string of the molecule is CCCNC1CCCCCC1N(CC)C1CCCC1. The van der Waals surface area contributed by atoms with E-state index in [4.69, 9.17) is 0 Å². The zero-order valence-electron chi connectivity index (χ0n) is 13.2. The van der Waals surface area contributed by atoms with Crippen molar-refractivity contribution in [3.63, 3.8) is 0 Å². The number of hydrogen-bond acceptors (Lipinski definition) is 2. The van der Waals surface area contributed by atoms with E-state index in [0.29, 0.717) is 0 Å². The maximum Gasteiger partial charge on any atom is 0.0252 e. The number of nitrogens with one attached hydrogen (secondary N) is 1. The molecule has 2 aliphatic carbocycles. The Balaban J connectivity index is 2.01. The van der Waals surface area contributed by atoms with Gasteiger partial charge in [0.25, 0.3) is 0 Å². The van der Waals surface area contributed by atoms with E-state index in [2.05, 4.69) is 24.1 Å². The van der Waals surface area contributed by atoms with E-state index < -0.39 is 0 Å². The molecule has 2 fully saturated rings. The van der Waals surface area contributed by atoms with Gasteiger partial charge in [0.2, 0.25) is 0 Å². The second-order valence-electron chi connectivity index (χ2n) is 6.53. The summed E-state index contributed by atoms with van der Waals surface area (Å²) in [7, 11) is 0. The highest BCUT2D eigenvalue weighted by molar-refractivity contribution is 4.90. The predicted molar refractivity (Wildman–Crippen MR) is 83.6 cm³/mol. The lowest BCUT2D eigenvalue weighted by Gasteiger charge is -2.40. The van der Waals surface area contributed by atoms with Crippen LogP contribution in [-0.2, 0) is 0 Å². The molecular formula is C17H34N2. The minimum atomic E-state index is 0.753. The largest absolute Gasteiger partial charge is 0.312 e. The van der Waals surface area contributed by atoms with Gasteiger partial charge in [0, 0.05) is 18.1 Å². The van der Waals surface area contributed by atoms with E-state index >= 15 is 0 Å². The van der Waals surface area contributed by atoms with Gasteiger partial charge in [-0.1, -0.05) is 46.0 Å². The topological polar surface area (TPSA) is 15.3 Å². The molecule has 0 aromatic carbocycles. The Kier molecular flexibility index (Phi) is 6.66. The average Bonchev–Trinajstić information content (AvgIpc) is 2.85. The molecule has 2 aliphatic rings. The molecule has 2 nitrogen and oxygen atoms in total. The first-order valence-electron chi connectivity index (χ1n) is 8.86. The van der Waals surface area contributed by atoms with Crippen molar-refractivity contribution < 1.29 is 0 Å². The summed E-state index contributed by atoms with van der Waals surface area (Å²) in [4.78, 5) is 2.87. The first-order valence-corrected chi connectivity index (χ1v) is 8.86. The first kappa shape index (κ1) is 15.3. The Morgan fingerprint density at radius 3 is 2.26 bits per heavy atom. The van der Waals surface area contributed by atoms with Crippen molar-refractivity contribution in [1.82, 2.24) is 10.2 Å². The molecule has 2 heteroatoms. The van der Waals surface area contributed by atoms with Gasteiger partial charge >= 0.3 is 0 Å². The highest BCUT2D eigenvalue weighted by Crippen LogP contribution is 2.30. The van der Waals surface area contributed by atoms with E-state index in [9.17, 15) is 0 Å². The summed E-state index contributed by atoms with van der Waals surface area (Å²) in [5, 5.41) is 3.86. The van der Waals surface area contributed by atoms with Gasteiger partial charge in [-0.15, -0.1) is 0 Å². The van der Waals surface area contributed by atoms with Gasteiger partial charge < -0.3 is 5.32 Å². The van der Waals surface area contributed by atoms with Crippen molar-refractivity contribution in [3.05, 3.63) is 0 Å². The van der Waals surface area contributed by atoms with Gasteiger partial charge in [-0.25, -0.2) is 0 Å². The fourth-order valence-electron chi connectivity index (χ4n) is 4.25. The van der Waals surface area contributed by atoms with Crippen LogP contribution in [0.15, 0.2) is 0 Å². The van der Waals surface area contributed by atoms with E-state index in [-0.39, 0.29) is 0 Å². The maximum absolute atomic E-state index is 3.86. The van der Waals surface area contributed by atoms with E-state index in [0.717, 1.165) is 18.1 Å². The molecule has 0 aromatic rings. The summed E-state index contributed by atoms with van der Waals surface area (Å²) >= 11 is 0. The van der Waals surface area contributed by atoms with Crippen LogP contribution in [0.3, 0.4) is 0 Å². The smallest absolute Gasteiger partial charge is 0.0252 e. The van der Waals surface area contributed by atoms with Crippen LogP contribution in [-0.4, -0.2) is 36.1 Å². The quantitative estimate of drug-likeness (QED) is 0.732. The summed E-state index contributed by atoms with van der Waals surface area (Å²) in [6.07, 6.45) is 14.2. The molecule has 0 aromatic heterocycles. The van der Waals surface area contributed by atoms with Crippen LogP contribution in [0.4, 0.5) is 0 Å². The van der Waals surface area contributed by atoms with Crippen LogP contribution in [0.5, 0.6) is 0 Å². The van der Waals surface area contributed by atoms with Crippen molar-refractivity contribution in [2.75, 3.05) is 13.1 Å². The minimum Gasteiger partial charge on any atom is -0.312 e. The molecule has 2 unspecified atom stereocenters. The molecule has 1 N–H and O–H groups in total. The van der Waals surface area contributed by atoms with Crippen LogP contribution in [0.1, 0.15) is 78.1 Å². The average molecular weight is 266 g/mol. The van der Waals surface area contributed by atoms with Crippen LogP contribution in [0, 0.1) is 0 Å². The molecule has 0 bridgehead atoms. The second kappa shape index (κ2) is 8.26. The molecule has 0 amide bonds. The van der Waals surface area contributed by atoms with Crippen molar-refractivity contribution >= 4 is 0 Å². The third-order valence-electron chi connectivity index (χ3n) is 5.22. The van der Waals surface area contributed by atoms with Crippen molar-refractivity contribution in [3.8, 4) is 0 Å². The zero-order valence-corrected chi connectivity index (χ0v) is 13.2. The Morgan fingerprint density at radius 2 is 1.58 bits per heavy atom. The fourth-order valence-corrected chi connectivity index (χ4v) is 4.25. The lowest BCUT2D eigenvalue weighted by Crippen LogP contribution is -2.52. The van der Waals surface area contributed by atoms with Crippen LogP contribution < -0.4 is 5.32 Å². The maximum atomic E-state index is 3.86. The summed E-state index contributed by atoms with van der Waals surface area (Å²) < 4.78 is 0. The molecule has 2 rings (SSSR count). The van der Waals surface area contributed by atoms with Crippen LogP contribution in [0.2, 0.25) is 0 Å². The summed E-state index contributed by atoms with van der Waals surface area (Å²) in [5.74, 6) is 0. The highest BCUT2D eigenvalue weighted by atomic mass is 15.2. The number of nitrogens with zero attached hydrogens (tertiary/aromatic N) is 1. The standard InChI is InChI=1S/C17H34N2/c1-3-14-18-16-12-6-5-7-13-17(16)19(4-2)15-10-8-9-11-15/h15-18H,3-14H2,1-2H3. The normalized spacial score (nSPS) is 29.8. The van der Waals surface area contributed by atoms with Gasteiger partial charge in [0.15, 0.2) is 0 Å². The third-order valence-corrected chi connectivity index (χ3v) is 5.22. The van der Waals surface area contributed by atoms with Crippen molar-refractivity contribution in [1.29, 1.82) is 0 Å². The zero-order chi connectivity index (χ0) is 13.5. The van der Waals surface area contributed by atoms with Gasteiger partial charge in [-0.05, 0) is 45.2 Å². The van der Waals surface area contributed by atoms with E-state index in [1.807, 2.05) is 0 Å². The summed E-state index contributed by atoms with van der Waals surface area (Å²) in [5.41, 5.74) is 0. The summed E-state index contributed by atoms with van der Waals surface area (Å²) in [6.45, 7) is 7.11. The molecule has 0 saturated heterocycles. The molecule has 0 heterocycles. The number of hydrogen-bond donors (Lipinski definition) is 1. The van der Waals surface area contributed by atoms with Crippen LogP contribution in [0.25, 0.3) is 0 Å². The third kappa shape index (κ3) is 4.19. The molecule has 2 atom stereocenters.